The Morgan fingerprint density at radius 3 is 1.54 bits per heavy atom. The van der Waals surface area contributed by atoms with E-state index in [1.165, 1.54) is 10.8 Å². The van der Waals surface area contributed by atoms with Crippen LogP contribution in [0.5, 0.6) is 0 Å². The summed E-state index contributed by atoms with van der Waals surface area (Å²) in [5.74, 6) is 0. The van der Waals surface area contributed by atoms with Crippen LogP contribution in [-0.2, 0) is 0 Å². The number of aromatic amines is 6. The maximum absolute atomic E-state index is 5.08. The molecule has 25 nitrogen and oxygen atoms in total. The van der Waals surface area contributed by atoms with Gasteiger partial charge in [-0.3, -0.25) is 60.0 Å². The molecule has 25 heteroatoms. The maximum atomic E-state index is 5.08. The second-order valence-electron chi connectivity index (χ2n) is 18.5. The third kappa shape index (κ3) is 16.5. The number of fused-ring (bicyclic) bond motifs is 10. The highest BCUT2D eigenvalue weighted by atomic mass is 16.5. The second kappa shape index (κ2) is 30.9. The van der Waals surface area contributed by atoms with Crippen molar-refractivity contribution in [3.63, 3.8) is 0 Å². The van der Waals surface area contributed by atoms with E-state index < -0.39 is 0 Å². The van der Waals surface area contributed by atoms with E-state index in [-0.39, 0.29) is 0 Å². The van der Waals surface area contributed by atoms with Crippen LogP contribution in [0.3, 0.4) is 0 Å². The van der Waals surface area contributed by atoms with Gasteiger partial charge in [-0.25, -0.2) is 4.98 Å². The van der Waals surface area contributed by atoms with Crippen LogP contribution in [0.2, 0.25) is 0 Å². The molecule has 0 aromatic carbocycles. The molecule has 20 rings (SSSR count). The van der Waals surface area contributed by atoms with Crippen LogP contribution >= 0.6 is 0 Å². The van der Waals surface area contributed by atoms with Crippen molar-refractivity contribution in [3.8, 4) is 0 Å². The molecular weight excluding hydrogens is 1140 g/mol. The summed E-state index contributed by atoms with van der Waals surface area (Å²) in [6.45, 7) is 0. The number of hydrogen-bond donors (Lipinski definition) is 6. The highest BCUT2D eigenvalue weighted by Crippen LogP contribution is 2.15. The van der Waals surface area contributed by atoms with Crippen LogP contribution in [0.4, 0.5) is 0 Å². The predicted octanol–water partition coefficient (Wildman–Crippen LogP) is 13.7. The summed E-state index contributed by atoms with van der Waals surface area (Å²) in [5, 5.41) is 31.6. The monoisotopic (exact) mass is 1190 g/mol. The SMILES string of the molecule is c1cc2[nH]ccc2cn1.c1cc2[nH]ncc2cn1.c1cc2c[nH]cc2cn1.c1cc2cc[nH]c2cn1.c1cc2ccoc2cn1.c1cc2cn[nH]c2cn1.c1cc2cnoc2cn1.c1cc2nc[nH]c2cn1.c1cc2nocc2cn1.c1cc2occc2cn1. The predicted molar refractivity (Wildman–Crippen MR) is 342 cm³/mol. The molecule has 90 heavy (non-hydrogen) atoms. The van der Waals surface area contributed by atoms with Crippen molar-refractivity contribution in [3.05, 3.63) is 277 Å². The molecule has 0 aliphatic carbocycles. The van der Waals surface area contributed by atoms with E-state index in [2.05, 4.69) is 110 Å². The van der Waals surface area contributed by atoms with E-state index in [4.69, 9.17) is 13.4 Å². The van der Waals surface area contributed by atoms with Crippen molar-refractivity contribution in [1.29, 1.82) is 0 Å². The minimum Gasteiger partial charge on any atom is -0.464 e. The first-order valence-corrected chi connectivity index (χ1v) is 27.3. The van der Waals surface area contributed by atoms with Gasteiger partial charge in [0.2, 0.25) is 0 Å². The van der Waals surface area contributed by atoms with Gasteiger partial charge in [-0.05, 0) is 84.9 Å². The number of pyridine rings is 10. The number of rotatable bonds is 0. The van der Waals surface area contributed by atoms with Crippen molar-refractivity contribution >= 4 is 109 Å². The molecule has 20 aromatic heterocycles. The highest BCUT2D eigenvalue weighted by molar-refractivity contribution is 5.82. The Hall–Kier alpha value is -13.5. The molecule has 20 heterocycles. The van der Waals surface area contributed by atoms with Gasteiger partial charge in [0.05, 0.1) is 101 Å². The van der Waals surface area contributed by atoms with E-state index in [0.717, 1.165) is 98.5 Å². The molecule has 0 fully saturated rings. The summed E-state index contributed by atoms with van der Waals surface area (Å²) in [7, 11) is 0. The van der Waals surface area contributed by atoms with Crippen molar-refractivity contribution in [2.24, 2.45) is 0 Å². The molecular formula is C65H51N21O4. The average molecular weight is 1190 g/mol. The fourth-order valence-corrected chi connectivity index (χ4v) is 8.06. The molecule has 0 bridgehead atoms. The second-order valence-corrected chi connectivity index (χ2v) is 18.5. The lowest BCUT2D eigenvalue weighted by molar-refractivity contribution is 0.428. The van der Waals surface area contributed by atoms with E-state index >= 15 is 0 Å². The van der Waals surface area contributed by atoms with E-state index in [1.807, 2.05) is 122 Å². The van der Waals surface area contributed by atoms with E-state index in [9.17, 15) is 0 Å². The Morgan fingerprint density at radius 2 is 0.833 bits per heavy atom. The van der Waals surface area contributed by atoms with Crippen LogP contribution < -0.4 is 0 Å². The minimum absolute atomic E-state index is 0.734. The van der Waals surface area contributed by atoms with Gasteiger partial charge >= 0.3 is 0 Å². The number of H-pyrrole nitrogens is 6. The van der Waals surface area contributed by atoms with Crippen molar-refractivity contribution in [2.45, 2.75) is 0 Å². The Bertz CT molecular complexity index is 3930. The van der Waals surface area contributed by atoms with Gasteiger partial charge in [0.1, 0.15) is 17.4 Å². The number of aromatic nitrogens is 21. The lowest BCUT2D eigenvalue weighted by atomic mass is 10.3. The number of furan rings is 2. The standard InChI is InChI=1S/3C7H6N2.2C7H5NO.3C6H5N3.2C6H4N2O/c1-4-9-7-2-3-8-5-6(1)7;1-3-8-5-7-6(1)2-4-9-7;1-2-8-4-7-5-9-3-6(1)7;1-3-8-5-6-2-4-9-7(1)6;1-3-8-5-7-6(1)2-4-9-7;1-2-7-3-5-4-8-9-6(1)5;1-2-7-3-6-5(1)8-4-9-6;1-2-7-4-6-5(1)3-8-9-6;1-2-7-3-5-4-9-8-6(1)5;1-2-7-4-6-5(1)3-8-9-6/h3*1-5,9H;2*1-5H;3*1-4H,(H,8,9);2*1-4H. The summed E-state index contributed by atoms with van der Waals surface area (Å²) in [6.07, 6.45) is 54.5. The molecule has 0 saturated heterocycles. The third-order valence-electron chi connectivity index (χ3n) is 12.6. The first kappa shape index (κ1) is 58.3. The topological polar surface area (TPSA) is 341 Å². The average Bonchev–Trinajstić information content (AvgIpc) is 4.50. The summed E-state index contributed by atoms with van der Waals surface area (Å²) < 4.78 is 19.6. The molecule has 440 valence electrons. The van der Waals surface area contributed by atoms with E-state index in [0.29, 0.717) is 0 Å². The van der Waals surface area contributed by atoms with Crippen LogP contribution in [0, 0.1) is 0 Å². The lowest BCUT2D eigenvalue weighted by Crippen LogP contribution is -1.69. The first-order chi connectivity index (χ1) is 44.7. The Labute approximate surface area is 507 Å². The fourth-order valence-electron chi connectivity index (χ4n) is 8.06. The van der Waals surface area contributed by atoms with Gasteiger partial charge < -0.3 is 37.8 Å². The zero-order valence-electron chi connectivity index (χ0n) is 47.3. The first-order valence-electron chi connectivity index (χ1n) is 27.3. The molecule has 6 N–H and O–H groups in total. The molecule has 0 aliphatic heterocycles. The Kier molecular flexibility index (Phi) is 20.0. The summed E-state index contributed by atoms with van der Waals surface area (Å²) >= 11 is 0. The van der Waals surface area contributed by atoms with Crippen molar-refractivity contribution < 1.29 is 17.9 Å². The highest BCUT2D eigenvalue weighted by Gasteiger charge is 1.97. The van der Waals surface area contributed by atoms with E-state index in [1.54, 1.807) is 155 Å². The van der Waals surface area contributed by atoms with Gasteiger partial charge in [-0.1, -0.05) is 10.3 Å². The summed E-state index contributed by atoms with van der Waals surface area (Å²) in [4.78, 5) is 55.3. The van der Waals surface area contributed by atoms with Crippen LogP contribution in [0.25, 0.3) is 109 Å². The molecule has 0 amide bonds. The summed E-state index contributed by atoms with van der Waals surface area (Å²) in [5.41, 5.74) is 9.53. The van der Waals surface area contributed by atoms with Crippen molar-refractivity contribution in [2.75, 3.05) is 0 Å². The van der Waals surface area contributed by atoms with Crippen molar-refractivity contribution in [1.82, 2.24) is 105 Å². The lowest BCUT2D eigenvalue weighted by Gasteiger charge is -1.82. The fraction of sp³-hybridized carbons (Fsp3) is 0. The van der Waals surface area contributed by atoms with Crippen LogP contribution in [-0.4, -0.2) is 105 Å². The normalized spacial score (nSPS) is 10.2. The number of nitrogens with one attached hydrogen (secondary N) is 6. The van der Waals surface area contributed by atoms with Gasteiger partial charge in [0, 0.05) is 172 Å². The van der Waals surface area contributed by atoms with Crippen LogP contribution in [0.15, 0.2) is 295 Å². The number of nitrogens with zero attached hydrogens (tertiary/aromatic N) is 15. The zero-order valence-corrected chi connectivity index (χ0v) is 47.3. The molecule has 0 aliphatic rings. The maximum Gasteiger partial charge on any atom is 0.185 e. The van der Waals surface area contributed by atoms with Gasteiger partial charge in [0.15, 0.2) is 11.2 Å². The van der Waals surface area contributed by atoms with Gasteiger partial charge in [-0.2, -0.15) is 10.2 Å². The quantitative estimate of drug-likeness (QED) is 0.0821. The van der Waals surface area contributed by atoms with Gasteiger partial charge in [-0.15, -0.1) is 0 Å². The smallest absolute Gasteiger partial charge is 0.185 e. The largest absolute Gasteiger partial charge is 0.464 e. The Morgan fingerprint density at radius 1 is 0.311 bits per heavy atom. The molecule has 0 unspecified atom stereocenters. The molecule has 0 atom stereocenters. The molecule has 20 aromatic rings. The molecule has 0 spiro atoms. The Balaban J connectivity index is 0.000000103. The third-order valence-corrected chi connectivity index (χ3v) is 12.6. The number of hydrogen-bond acceptors (Lipinski definition) is 19. The number of imidazole rings is 1. The molecule has 0 radical (unpaired) electrons. The summed E-state index contributed by atoms with van der Waals surface area (Å²) in [6, 6.07) is 26.8. The minimum atomic E-state index is 0.734. The zero-order chi connectivity index (χ0) is 61.0. The van der Waals surface area contributed by atoms with Crippen LogP contribution in [0.1, 0.15) is 0 Å². The van der Waals surface area contributed by atoms with Gasteiger partial charge in [0.25, 0.3) is 0 Å². The molecule has 0 saturated carbocycles.